The van der Waals surface area contributed by atoms with Crippen molar-refractivity contribution in [3.8, 4) is 0 Å². The fourth-order valence-electron chi connectivity index (χ4n) is 3.36. The third kappa shape index (κ3) is 6.39. The van der Waals surface area contributed by atoms with E-state index in [2.05, 4.69) is 24.1 Å². The van der Waals surface area contributed by atoms with Crippen LogP contribution in [-0.2, 0) is 20.7 Å². The number of benzene rings is 1. The summed E-state index contributed by atoms with van der Waals surface area (Å²) in [4.78, 5) is 27.9. The molecule has 2 N–H and O–H groups in total. The lowest BCUT2D eigenvalue weighted by Crippen LogP contribution is -2.33. The number of alkyl carbamates (subject to hydrolysis) is 1. The van der Waals surface area contributed by atoms with Gasteiger partial charge < -0.3 is 19.8 Å². The Labute approximate surface area is 177 Å². The van der Waals surface area contributed by atoms with Crippen LogP contribution in [0, 0.1) is 5.92 Å². The van der Waals surface area contributed by atoms with Crippen LogP contribution in [0.3, 0.4) is 0 Å². The summed E-state index contributed by atoms with van der Waals surface area (Å²) in [6, 6.07) is 5.58. The van der Waals surface area contributed by atoms with Crippen molar-refractivity contribution < 1.29 is 19.1 Å². The Morgan fingerprint density at radius 3 is 2.52 bits per heavy atom. The van der Waals surface area contributed by atoms with Crippen LogP contribution in [0.2, 0.25) is 5.02 Å². The zero-order chi connectivity index (χ0) is 21.8. The maximum absolute atomic E-state index is 12.5. The fraction of sp³-hybridized carbons (Fsp3) is 0.545. The number of nitrogens with one attached hydrogen (secondary N) is 2. The quantitative estimate of drug-likeness (QED) is 0.601. The Bertz CT molecular complexity index is 868. The van der Waals surface area contributed by atoms with Gasteiger partial charge in [0.25, 0.3) is 0 Å². The Balaban J connectivity index is 2.35. The molecule has 0 saturated carbocycles. The van der Waals surface area contributed by atoms with Crippen LogP contribution in [-0.4, -0.2) is 36.3 Å². The van der Waals surface area contributed by atoms with Crippen molar-refractivity contribution in [2.45, 2.75) is 59.0 Å². The summed E-state index contributed by atoms with van der Waals surface area (Å²) < 4.78 is 10.4. The molecule has 2 aromatic rings. The number of aromatic amines is 1. The normalized spacial score (nSPS) is 12.8. The topological polar surface area (TPSA) is 80.4 Å². The maximum atomic E-state index is 12.5. The number of carbonyl (C=O) groups excluding carboxylic acids is 2. The number of H-pyrrole nitrogens is 1. The van der Waals surface area contributed by atoms with E-state index in [1.54, 1.807) is 0 Å². The molecule has 1 aromatic heterocycles. The predicted octanol–water partition coefficient (Wildman–Crippen LogP) is 5.19. The minimum absolute atomic E-state index is 0.280. The third-order valence-corrected chi connectivity index (χ3v) is 4.72. The maximum Gasteiger partial charge on any atom is 0.407 e. The number of methoxy groups -OCH3 is 1. The van der Waals surface area contributed by atoms with Gasteiger partial charge in [0.2, 0.25) is 0 Å². The van der Waals surface area contributed by atoms with Crippen molar-refractivity contribution in [2.24, 2.45) is 5.92 Å². The number of halogens is 1. The first-order chi connectivity index (χ1) is 13.5. The van der Waals surface area contributed by atoms with Crippen LogP contribution >= 0.6 is 11.6 Å². The molecule has 1 amide bonds. The van der Waals surface area contributed by atoms with Crippen molar-refractivity contribution >= 4 is 34.6 Å². The summed E-state index contributed by atoms with van der Waals surface area (Å²) in [5.41, 5.74) is 2.11. The molecule has 7 heteroatoms. The number of esters is 1. The number of rotatable bonds is 7. The van der Waals surface area contributed by atoms with Crippen LogP contribution in [0.5, 0.6) is 0 Å². The molecule has 2 rings (SSSR count). The molecule has 29 heavy (non-hydrogen) atoms. The molecule has 0 bridgehead atoms. The van der Waals surface area contributed by atoms with Gasteiger partial charge in [-0.3, -0.25) is 4.79 Å². The van der Waals surface area contributed by atoms with E-state index in [0.29, 0.717) is 30.3 Å². The van der Waals surface area contributed by atoms with Gasteiger partial charge in [0.05, 0.1) is 13.0 Å². The summed E-state index contributed by atoms with van der Waals surface area (Å²) in [5, 5.41) is 4.34. The van der Waals surface area contributed by atoms with Gasteiger partial charge in [-0.2, -0.15) is 0 Å². The number of ether oxygens (including phenoxy) is 2. The highest BCUT2D eigenvalue weighted by Crippen LogP contribution is 2.34. The zero-order valence-electron chi connectivity index (χ0n) is 18.0. The van der Waals surface area contributed by atoms with E-state index in [0.717, 1.165) is 22.2 Å². The van der Waals surface area contributed by atoms with Crippen molar-refractivity contribution in [3.05, 3.63) is 34.5 Å². The molecule has 160 valence electrons. The third-order valence-electron chi connectivity index (χ3n) is 4.49. The number of amides is 1. The first-order valence-corrected chi connectivity index (χ1v) is 10.2. The van der Waals surface area contributed by atoms with Crippen LogP contribution in [0.4, 0.5) is 4.79 Å². The molecule has 0 aliphatic carbocycles. The number of hydrogen-bond donors (Lipinski definition) is 2. The van der Waals surface area contributed by atoms with Gasteiger partial charge in [-0.05, 0) is 63.3 Å². The summed E-state index contributed by atoms with van der Waals surface area (Å²) in [6.07, 6.45) is 0.712. The minimum Gasteiger partial charge on any atom is -0.469 e. The van der Waals surface area contributed by atoms with Gasteiger partial charge in [0, 0.05) is 28.2 Å². The summed E-state index contributed by atoms with van der Waals surface area (Å²) in [5.74, 6) is -0.387. The van der Waals surface area contributed by atoms with Gasteiger partial charge in [0.1, 0.15) is 5.60 Å². The highest BCUT2D eigenvalue weighted by atomic mass is 35.5. The monoisotopic (exact) mass is 422 g/mol. The second-order valence-corrected chi connectivity index (χ2v) is 9.03. The molecule has 0 spiro atoms. The van der Waals surface area contributed by atoms with Gasteiger partial charge in [-0.15, -0.1) is 0 Å². The molecule has 0 aliphatic heterocycles. The van der Waals surface area contributed by atoms with Crippen molar-refractivity contribution in [2.75, 3.05) is 13.7 Å². The van der Waals surface area contributed by atoms with Crippen LogP contribution in [0.15, 0.2) is 18.2 Å². The zero-order valence-corrected chi connectivity index (χ0v) is 18.8. The smallest absolute Gasteiger partial charge is 0.407 e. The average Bonchev–Trinajstić information content (AvgIpc) is 2.95. The number of aromatic nitrogens is 1. The summed E-state index contributed by atoms with van der Waals surface area (Å²) in [6.45, 7) is 9.97. The minimum atomic E-state index is -0.559. The van der Waals surface area contributed by atoms with Gasteiger partial charge in [0.15, 0.2) is 0 Å². The van der Waals surface area contributed by atoms with Crippen molar-refractivity contribution in [3.63, 3.8) is 0 Å². The van der Waals surface area contributed by atoms with E-state index in [-0.39, 0.29) is 5.97 Å². The first kappa shape index (κ1) is 23.1. The van der Waals surface area contributed by atoms with E-state index in [1.165, 1.54) is 7.11 Å². The molecular weight excluding hydrogens is 392 g/mol. The highest BCUT2D eigenvalue weighted by Gasteiger charge is 2.28. The lowest BCUT2D eigenvalue weighted by Gasteiger charge is -2.20. The first-order valence-electron chi connectivity index (χ1n) is 9.86. The standard InChI is InChI=1S/C22H31ClN2O4/c1-13(2)11-17(20(26)28-6)19-15(9-10-24-21(27)29-22(3,4)5)16-12-14(23)7-8-18(16)25-19/h7-8,12-13,17,25H,9-11H2,1-6H3,(H,24,27)/t17-/m1/s1. The van der Waals surface area contributed by atoms with Crippen molar-refractivity contribution in [1.82, 2.24) is 10.3 Å². The molecule has 0 saturated heterocycles. The number of hydrogen-bond acceptors (Lipinski definition) is 4. The summed E-state index contributed by atoms with van der Waals surface area (Å²) >= 11 is 6.22. The molecule has 1 heterocycles. The molecule has 0 radical (unpaired) electrons. The SMILES string of the molecule is COC(=O)[C@H](CC(C)C)c1[nH]c2ccc(Cl)cc2c1CCNC(=O)OC(C)(C)C. The molecule has 1 atom stereocenters. The second kappa shape index (κ2) is 9.53. The van der Waals surface area contributed by atoms with E-state index in [9.17, 15) is 9.59 Å². The Morgan fingerprint density at radius 1 is 1.24 bits per heavy atom. The lowest BCUT2D eigenvalue weighted by molar-refractivity contribution is -0.143. The van der Waals surface area contributed by atoms with Gasteiger partial charge >= 0.3 is 12.1 Å². The molecule has 1 aromatic carbocycles. The van der Waals surface area contributed by atoms with Gasteiger partial charge in [-0.1, -0.05) is 25.4 Å². The fourth-order valence-corrected chi connectivity index (χ4v) is 3.53. The van der Waals surface area contributed by atoms with Gasteiger partial charge in [-0.25, -0.2) is 4.79 Å². The van der Waals surface area contributed by atoms with E-state index in [1.807, 2.05) is 39.0 Å². The number of fused-ring (bicyclic) bond motifs is 1. The predicted molar refractivity (Wildman–Crippen MR) is 115 cm³/mol. The molecule has 0 fully saturated rings. The van der Waals surface area contributed by atoms with Crippen LogP contribution in [0.1, 0.15) is 58.2 Å². The van der Waals surface area contributed by atoms with E-state index in [4.69, 9.17) is 21.1 Å². The average molecular weight is 423 g/mol. The second-order valence-electron chi connectivity index (χ2n) is 8.59. The molecule has 0 unspecified atom stereocenters. The van der Waals surface area contributed by atoms with E-state index >= 15 is 0 Å². The Kier molecular flexibility index (Phi) is 7.58. The van der Waals surface area contributed by atoms with Crippen LogP contribution in [0.25, 0.3) is 10.9 Å². The molecule has 6 nitrogen and oxygen atoms in total. The largest absolute Gasteiger partial charge is 0.469 e. The van der Waals surface area contributed by atoms with E-state index < -0.39 is 17.6 Å². The molecule has 0 aliphatic rings. The van der Waals surface area contributed by atoms with Crippen LogP contribution < -0.4 is 5.32 Å². The molecular formula is C22H31ClN2O4. The lowest BCUT2D eigenvalue weighted by atomic mass is 9.90. The Hall–Kier alpha value is -2.21. The highest BCUT2D eigenvalue weighted by molar-refractivity contribution is 6.31. The van der Waals surface area contributed by atoms with Crippen molar-refractivity contribution in [1.29, 1.82) is 0 Å². The number of carbonyl (C=O) groups is 2. The summed E-state index contributed by atoms with van der Waals surface area (Å²) in [7, 11) is 1.40. The Morgan fingerprint density at radius 2 is 1.93 bits per heavy atom.